The van der Waals surface area contributed by atoms with Crippen molar-refractivity contribution in [1.82, 2.24) is 5.32 Å². The van der Waals surface area contributed by atoms with Crippen molar-refractivity contribution >= 4 is 11.9 Å². The summed E-state index contributed by atoms with van der Waals surface area (Å²) >= 11 is 0. The highest BCUT2D eigenvalue weighted by molar-refractivity contribution is 5.93. The normalized spacial score (nSPS) is 22.2. The summed E-state index contributed by atoms with van der Waals surface area (Å²) in [4.78, 5) is 22.5. The average Bonchev–Trinajstić information content (AvgIpc) is 2.90. The van der Waals surface area contributed by atoms with Gasteiger partial charge in [-0.3, -0.25) is 4.79 Å². The van der Waals surface area contributed by atoms with Gasteiger partial charge in [0, 0.05) is 6.04 Å². The number of nitrogens with one attached hydrogen (secondary N) is 1. The third kappa shape index (κ3) is 4.25. The number of halogens is 2. The number of alkyl halides is 2. The van der Waals surface area contributed by atoms with E-state index in [1.54, 1.807) is 0 Å². The van der Waals surface area contributed by atoms with Gasteiger partial charge < -0.3 is 19.6 Å². The van der Waals surface area contributed by atoms with Gasteiger partial charge in [0.2, 0.25) is 5.76 Å². The van der Waals surface area contributed by atoms with Gasteiger partial charge in [-0.1, -0.05) is 0 Å². The highest BCUT2D eigenvalue weighted by Crippen LogP contribution is 2.23. The molecule has 1 saturated carbocycles. The summed E-state index contributed by atoms with van der Waals surface area (Å²) in [6.45, 7) is -2.78. The Morgan fingerprint density at radius 1 is 1.24 bits per heavy atom. The zero-order chi connectivity index (χ0) is 15.4. The molecule has 1 heterocycles. The van der Waals surface area contributed by atoms with Crippen molar-refractivity contribution in [3.8, 4) is 0 Å². The van der Waals surface area contributed by atoms with Gasteiger partial charge in [0.25, 0.3) is 5.91 Å². The molecule has 6 nitrogen and oxygen atoms in total. The first kappa shape index (κ1) is 15.4. The molecule has 0 atom stereocenters. The van der Waals surface area contributed by atoms with Gasteiger partial charge >= 0.3 is 12.6 Å². The first-order chi connectivity index (χ1) is 9.95. The van der Waals surface area contributed by atoms with E-state index >= 15 is 0 Å². The van der Waals surface area contributed by atoms with Gasteiger partial charge in [0.05, 0.1) is 6.10 Å². The van der Waals surface area contributed by atoms with Crippen LogP contribution in [0.25, 0.3) is 0 Å². The van der Waals surface area contributed by atoms with Crippen molar-refractivity contribution in [3.63, 3.8) is 0 Å². The summed E-state index contributed by atoms with van der Waals surface area (Å²) in [6.07, 6.45) is 1.44. The average molecular weight is 303 g/mol. The zero-order valence-corrected chi connectivity index (χ0v) is 11.1. The third-order valence-corrected chi connectivity index (χ3v) is 3.35. The Bertz CT molecular complexity index is 508. The number of carboxylic acid groups (broad SMARTS) is 1. The van der Waals surface area contributed by atoms with Gasteiger partial charge in [0.1, 0.15) is 0 Å². The predicted molar refractivity (Wildman–Crippen MR) is 66.3 cm³/mol. The van der Waals surface area contributed by atoms with Crippen molar-refractivity contribution in [2.24, 2.45) is 0 Å². The van der Waals surface area contributed by atoms with Gasteiger partial charge in [-0.2, -0.15) is 8.78 Å². The molecule has 0 unspecified atom stereocenters. The number of carbonyl (C=O) groups is 2. The van der Waals surface area contributed by atoms with E-state index < -0.39 is 24.6 Å². The van der Waals surface area contributed by atoms with Gasteiger partial charge in [0.15, 0.2) is 5.76 Å². The minimum absolute atomic E-state index is 0.0849. The van der Waals surface area contributed by atoms with Gasteiger partial charge in [-0.25, -0.2) is 4.79 Å². The summed E-state index contributed by atoms with van der Waals surface area (Å²) < 4.78 is 33.4. The highest BCUT2D eigenvalue weighted by Gasteiger charge is 2.26. The number of carboxylic acids is 1. The fourth-order valence-corrected chi connectivity index (χ4v) is 2.32. The minimum Gasteiger partial charge on any atom is -0.475 e. The van der Waals surface area contributed by atoms with Gasteiger partial charge in [-0.15, -0.1) is 0 Å². The maximum atomic E-state index is 12.1. The zero-order valence-electron chi connectivity index (χ0n) is 11.1. The number of hydrogen-bond donors (Lipinski definition) is 2. The molecule has 1 aliphatic rings. The summed E-state index contributed by atoms with van der Waals surface area (Å²) in [5, 5.41) is 11.4. The molecule has 1 amide bonds. The van der Waals surface area contributed by atoms with Crippen LogP contribution in [-0.2, 0) is 4.74 Å². The van der Waals surface area contributed by atoms with Crippen LogP contribution in [0.15, 0.2) is 16.5 Å². The molecule has 1 aliphatic carbocycles. The van der Waals surface area contributed by atoms with E-state index in [1.807, 2.05) is 0 Å². The van der Waals surface area contributed by atoms with Crippen molar-refractivity contribution in [1.29, 1.82) is 0 Å². The number of furan rings is 1. The Kier molecular flexibility index (Phi) is 4.89. The minimum atomic E-state index is -2.78. The molecule has 0 aromatic carbocycles. The number of carbonyl (C=O) groups excluding carboxylic acids is 1. The van der Waals surface area contributed by atoms with Crippen LogP contribution in [0.5, 0.6) is 0 Å². The molecule has 21 heavy (non-hydrogen) atoms. The van der Waals surface area contributed by atoms with Crippen LogP contribution in [0.4, 0.5) is 8.78 Å². The molecule has 1 aromatic rings. The number of aromatic carboxylic acids is 1. The molecular formula is C13H15F2NO5. The molecule has 116 valence electrons. The van der Waals surface area contributed by atoms with Crippen LogP contribution in [0.3, 0.4) is 0 Å². The van der Waals surface area contributed by atoms with E-state index in [0.29, 0.717) is 25.7 Å². The highest BCUT2D eigenvalue weighted by atomic mass is 19.3. The van der Waals surface area contributed by atoms with Crippen molar-refractivity contribution in [2.45, 2.75) is 44.4 Å². The standard InChI is InChI=1S/C13H15F2NO5/c14-13(15)20-8-3-1-7(2-4-8)16-11(17)9-5-6-10(21-9)12(18)19/h5-8,13H,1-4H2,(H,16,17)(H,18,19). The van der Waals surface area contributed by atoms with Crippen LogP contribution >= 0.6 is 0 Å². The lowest BCUT2D eigenvalue weighted by atomic mass is 9.93. The molecule has 1 aromatic heterocycles. The second-order valence-electron chi connectivity index (χ2n) is 4.81. The molecular weight excluding hydrogens is 288 g/mol. The topological polar surface area (TPSA) is 88.8 Å². The smallest absolute Gasteiger partial charge is 0.371 e. The molecule has 2 rings (SSSR count). The number of amides is 1. The molecule has 2 N–H and O–H groups in total. The van der Waals surface area contributed by atoms with Crippen molar-refractivity contribution < 1.29 is 32.6 Å². The fraction of sp³-hybridized carbons (Fsp3) is 0.538. The van der Waals surface area contributed by atoms with Crippen LogP contribution in [0.2, 0.25) is 0 Å². The van der Waals surface area contributed by atoms with Crippen molar-refractivity contribution in [3.05, 3.63) is 23.7 Å². The van der Waals surface area contributed by atoms with E-state index in [1.165, 1.54) is 12.1 Å². The van der Waals surface area contributed by atoms with Crippen LogP contribution < -0.4 is 5.32 Å². The van der Waals surface area contributed by atoms with E-state index in [9.17, 15) is 18.4 Å². The van der Waals surface area contributed by atoms with Crippen molar-refractivity contribution in [2.75, 3.05) is 0 Å². The van der Waals surface area contributed by atoms with Crippen LogP contribution in [0, 0.1) is 0 Å². The Morgan fingerprint density at radius 3 is 2.38 bits per heavy atom. The first-order valence-electron chi connectivity index (χ1n) is 6.53. The maximum absolute atomic E-state index is 12.1. The van der Waals surface area contributed by atoms with E-state index in [0.717, 1.165) is 0 Å². The summed E-state index contributed by atoms with van der Waals surface area (Å²) in [5.74, 6) is -2.16. The first-order valence-corrected chi connectivity index (χ1v) is 6.53. The van der Waals surface area contributed by atoms with E-state index in [4.69, 9.17) is 9.52 Å². The largest absolute Gasteiger partial charge is 0.475 e. The molecule has 0 saturated heterocycles. The lowest BCUT2D eigenvalue weighted by Gasteiger charge is -2.28. The number of ether oxygens (including phenoxy) is 1. The second kappa shape index (κ2) is 6.66. The van der Waals surface area contributed by atoms with E-state index in [2.05, 4.69) is 10.1 Å². The Labute approximate surface area is 119 Å². The predicted octanol–water partition coefficient (Wildman–Crippen LogP) is 2.26. The fourth-order valence-electron chi connectivity index (χ4n) is 2.32. The number of rotatable bonds is 5. The lowest BCUT2D eigenvalue weighted by Crippen LogP contribution is -2.39. The monoisotopic (exact) mass is 303 g/mol. The van der Waals surface area contributed by atoms with E-state index in [-0.39, 0.29) is 17.6 Å². The molecule has 0 bridgehead atoms. The second-order valence-corrected chi connectivity index (χ2v) is 4.81. The third-order valence-electron chi connectivity index (χ3n) is 3.35. The summed E-state index contributed by atoms with van der Waals surface area (Å²) in [6, 6.07) is 2.32. The lowest BCUT2D eigenvalue weighted by molar-refractivity contribution is -0.170. The molecule has 0 spiro atoms. The molecule has 0 radical (unpaired) electrons. The molecule has 8 heteroatoms. The summed E-state index contributed by atoms with van der Waals surface area (Å²) in [5.41, 5.74) is 0. The Balaban J connectivity index is 1.82. The molecule has 1 fully saturated rings. The maximum Gasteiger partial charge on any atom is 0.371 e. The quantitative estimate of drug-likeness (QED) is 0.871. The molecule has 0 aliphatic heterocycles. The van der Waals surface area contributed by atoms with Crippen LogP contribution in [-0.4, -0.2) is 35.7 Å². The SMILES string of the molecule is O=C(O)c1ccc(C(=O)NC2CCC(OC(F)F)CC2)o1. The van der Waals surface area contributed by atoms with Gasteiger partial charge in [-0.05, 0) is 37.8 Å². The van der Waals surface area contributed by atoms with Crippen LogP contribution in [0.1, 0.15) is 46.8 Å². The number of hydrogen-bond acceptors (Lipinski definition) is 4. The Morgan fingerprint density at radius 2 is 1.86 bits per heavy atom. The summed E-state index contributed by atoms with van der Waals surface area (Å²) in [7, 11) is 0. The Hall–Kier alpha value is -1.96.